The standard InChI is InChI=1S/C22H25ClFN3/c23-20-4-2-17(3-5-20)18-8-12-26(13-9-18)10-1-11-27-15-19-14-21(24)6-7-22(19)25-16-27/h2-8,14,25H,1,9-13,15-16H2. The quantitative estimate of drug-likeness (QED) is 0.794. The number of halogens is 2. The van der Waals surface area contributed by atoms with Crippen LogP contribution in [0, 0.1) is 5.82 Å². The van der Waals surface area contributed by atoms with Crippen LogP contribution in [0.2, 0.25) is 5.02 Å². The van der Waals surface area contributed by atoms with Crippen molar-refractivity contribution in [1.29, 1.82) is 0 Å². The summed E-state index contributed by atoms with van der Waals surface area (Å²) in [5.74, 6) is -0.158. The third-order valence-corrected chi connectivity index (χ3v) is 5.66. The summed E-state index contributed by atoms with van der Waals surface area (Å²) in [6, 6.07) is 13.1. The average Bonchev–Trinajstić information content (AvgIpc) is 2.69. The van der Waals surface area contributed by atoms with Crippen LogP contribution in [0.3, 0.4) is 0 Å². The summed E-state index contributed by atoms with van der Waals surface area (Å²) in [7, 11) is 0. The third-order valence-electron chi connectivity index (χ3n) is 5.41. The predicted molar refractivity (Wildman–Crippen MR) is 110 cm³/mol. The van der Waals surface area contributed by atoms with Crippen molar-refractivity contribution in [2.45, 2.75) is 19.4 Å². The Hall–Kier alpha value is -1.88. The van der Waals surface area contributed by atoms with Gasteiger partial charge in [0.1, 0.15) is 5.82 Å². The molecule has 0 unspecified atom stereocenters. The minimum absolute atomic E-state index is 0.158. The van der Waals surface area contributed by atoms with Crippen LogP contribution in [-0.4, -0.2) is 42.6 Å². The number of nitrogens with one attached hydrogen (secondary N) is 1. The van der Waals surface area contributed by atoms with Crippen LogP contribution < -0.4 is 5.32 Å². The Morgan fingerprint density at radius 3 is 2.63 bits per heavy atom. The molecular formula is C22H25ClFN3. The summed E-state index contributed by atoms with van der Waals surface area (Å²) in [4.78, 5) is 4.85. The van der Waals surface area contributed by atoms with E-state index in [9.17, 15) is 4.39 Å². The highest BCUT2D eigenvalue weighted by molar-refractivity contribution is 6.30. The first kappa shape index (κ1) is 18.5. The summed E-state index contributed by atoms with van der Waals surface area (Å²) < 4.78 is 13.4. The molecule has 2 aromatic carbocycles. The van der Waals surface area contributed by atoms with Gasteiger partial charge in [-0.2, -0.15) is 0 Å². The lowest BCUT2D eigenvalue weighted by Gasteiger charge is -2.31. The largest absolute Gasteiger partial charge is 0.372 e. The molecule has 0 saturated carbocycles. The normalized spacial score (nSPS) is 17.9. The lowest BCUT2D eigenvalue weighted by molar-refractivity contribution is 0.236. The second-order valence-corrected chi connectivity index (χ2v) is 7.77. The smallest absolute Gasteiger partial charge is 0.123 e. The van der Waals surface area contributed by atoms with E-state index in [0.717, 1.165) is 68.5 Å². The summed E-state index contributed by atoms with van der Waals surface area (Å²) in [5.41, 5.74) is 4.81. The minimum Gasteiger partial charge on any atom is -0.372 e. The van der Waals surface area contributed by atoms with E-state index in [1.54, 1.807) is 6.07 Å². The summed E-state index contributed by atoms with van der Waals surface area (Å²) in [6.45, 7) is 5.87. The molecular weight excluding hydrogens is 361 g/mol. The van der Waals surface area contributed by atoms with Crippen molar-refractivity contribution >= 4 is 22.9 Å². The Labute approximate surface area is 165 Å². The van der Waals surface area contributed by atoms with Gasteiger partial charge in [-0.05, 0) is 66.4 Å². The first-order chi connectivity index (χ1) is 13.2. The molecule has 0 amide bonds. The second-order valence-electron chi connectivity index (χ2n) is 7.33. The number of rotatable bonds is 5. The first-order valence-corrected chi connectivity index (χ1v) is 9.97. The number of anilines is 1. The molecule has 0 radical (unpaired) electrons. The maximum Gasteiger partial charge on any atom is 0.123 e. The van der Waals surface area contributed by atoms with Gasteiger partial charge in [-0.25, -0.2) is 4.39 Å². The van der Waals surface area contributed by atoms with E-state index in [-0.39, 0.29) is 5.82 Å². The molecule has 0 bridgehead atoms. The number of hydrogen-bond donors (Lipinski definition) is 1. The lowest BCUT2D eigenvalue weighted by Crippen LogP contribution is -2.36. The zero-order chi connectivity index (χ0) is 18.6. The van der Waals surface area contributed by atoms with Gasteiger partial charge in [0.15, 0.2) is 0 Å². The van der Waals surface area contributed by atoms with Crippen molar-refractivity contribution < 1.29 is 4.39 Å². The van der Waals surface area contributed by atoms with Gasteiger partial charge in [0, 0.05) is 36.9 Å². The van der Waals surface area contributed by atoms with E-state index >= 15 is 0 Å². The SMILES string of the molecule is Fc1ccc2c(c1)CN(CCCN1CC=C(c3ccc(Cl)cc3)CC1)CN2. The number of nitrogens with zero attached hydrogens (tertiary/aromatic N) is 2. The molecule has 27 heavy (non-hydrogen) atoms. The van der Waals surface area contributed by atoms with Crippen LogP contribution in [0.25, 0.3) is 5.57 Å². The van der Waals surface area contributed by atoms with Crippen molar-refractivity contribution in [3.05, 3.63) is 70.5 Å². The summed E-state index contributed by atoms with van der Waals surface area (Å²) in [5, 5.41) is 4.17. The predicted octanol–water partition coefficient (Wildman–Crippen LogP) is 4.84. The van der Waals surface area contributed by atoms with Gasteiger partial charge in [-0.3, -0.25) is 9.80 Å². The fourth-order valence-electron chi connectivity index (χ4n) is 3.88. The van der Waals surface area contributed by atoms with Crippen LogP contribution in [0.4, 0.5) is 10.1 Å². The fraction of sp³-hybridized carbons (Fsp3) is 0.364. The average molecular weight is 386 g/mol. The zero-order valence-corrected chi connectivity index (χ0v) is 16.2. The van der Waals surface area contributed by atoms with E-state index < -0.39 is 0 Å². The minimum atomic E-state index is -0.158. The third kappa shape index (κ3) is 4.70. The molecule has 0 aliphatic carbocycles. The van der Waals surface area contributed by atoms with Gasteiger partial charge in [-0.1, -0.05) is 29.8 Å². The van der Waals surface area contributed by atoms with Crippen LogP contribution in [-0.2, 0) is 6.54 Å². The Bertz CT molecular complexity index is 819. The molecule has 0 aromatic heterocycles. The van der Waals surface area contributed by atoms with Crippen LogP contribution in [0.1, 0.15) is 24.0 Å². The van der Waals surface area contributed by atoms with Gasteiger partial charge in [0.2, 0.25) is 0 Å². The Morgan fingerprint density at radius 2 is 1.85 bits per heavy atom. The number of fused-ring (bicyclic) bond motifs is 1. The molecule has 0 atom stereocenters. The molecule has 142 valence electrons. The van der Waals surface area contributed by atoms with E-state index in [2.05, 4.69) is 33.3 Å². The Balaban J connectivity index is 1.23. The molecule has 2 aliphatic heterocycles. The number of benzene rings is 2. The fourth-order valence-corrected chi connectivity index (χ4v) is 4.00. The number of hydrogen-bond acceptors (Lipinski definition) is 3. The van der Waals surface area contributed by atoms with Crippen molar-refractivity contribution in [1.82, 2.24) is 9.80 Å². The maximum atomic E-state index is 13.4. The molecule has 0 fully saturated rings. The highest BCUT2D eigenvalue weighted by Gasteiger charge is 2.17. The van der Waals surface area contributed by atoms with Gasteiger partial charge >= 0.3 is 0 Å². The molecule has 5 heteroatoms. The van der Waals surface area contributed by atoms with E-state index in [1.807, 2.05) is 18.2 Å². The van der Waals surface area contributed by atoms with Crippen molar-refractivity contribution in [2.75, 3.05) is 38.2 Å². The van der Waals surface area contributed by atoms with Crippen molar-refractivity contribution in [3.8, 4) is 0 Å². The van der Waals surface area contributed by atoms with E-state index in [1.165, 1.54) is 17.2 Å². The summed E-state index contributed by atoms with van der Waals surface area (Å²) >= 11 is 5.98. The van der Waals surface area contributed by atoms with Gasteiger partial charge in [0.05, 0.1) is 6.67 Å². The maximum absolute atomic E-state index is 13.4. The van der Waals surface area contributed by atoms with E-state index in [0.29, 0.717) is 0 Å². The second kappa shape index (κ2) is 8.42. The van der Waals surface area contributed by atoms with Gasteiger partial charge in [0.25, 0.3) is 0 Å². The molecule has 0 saturated heterocycles. The van der Waals surface area contributed by atoms with Crippen molar-refractivity contribution in [2.24, 2.45) is 0 Å². The van der Waals surface area contributed by atoms with Crippen LogP contribution >= 0.6 is 11.6 Å². The monoisotopic (exact) mass is 385 g/mol. The molecule has 3 nitrogen and oxygen atoms in total. The van der Waals surface area contributed by atoms with Gasteiger partial charge < -0.3 is 5.32 Å². The lowest BCUT2D eigenvalue weighted by atomic mass is 9.99. The molecule has 2 aliphatic rings. The highest BCUT2D eigenvalue weighted by Crippen LogP contribution is 2.25. The molecule has 1 N–H and O–H groups in total. The van der Waals surface area contributed by atoms with Crippen LogP contribution in [0.15, 0.2) is 48.5 Å². The van der Waals surface area contributed by atoms with Crippen molar-refractivity contribution in [3.63, 3.8) is 0 Å². The first-order valence-electron chi connectivity index (χ1n) is 9.59. The molecule has 0 spiro atoms. The molecule has 2 heterocycles. The molecule has 2 aromatic rings. The highest BCUT2D eigenvalue weighted by atomic mass is 35.5. The summed E-state index contributed by atoms with van der Waals surface area (Å²) in [6.07, 6.45) is 4.55. The Kier molecular flexibility index (Phi) is 5.77. The topological polar surface area (TPSA) is 18.5 Å². The Morgan fingerprint density at radius 1 is 1.04 bits per heavy atom. The van der Waals surface area contributed by atoms with Gasteiger partial charge in [-0.15, -0.1) is 0 Å². The van der Waals surface area contributed by atoms with Crippen LogP contribution in [0.5, 0.6) is 0 Å². The molecule has 4 rings (SSSR count). The zero-order valence-electron chi connectivity index (χ0n) is 15.4. The van der Waals surface area contributed by atoms with E-state index in [4.69, 9.17) is 11.6 Å².